The number of hydrogen-bond acceptors (Lipinski definition) is 2. The molecular formula is C44H29N3. The number of hydrogen-bond donors (Lipinski definition) is 0. The zero-order valence-electron chi connectivity index (χ0n) is 25.6. The number of fused-ring (bicyclic) bond motifs is 4. The van der Waals surface area contributed by atoms with Crippen LogP contribution in [0.1, 0.15) is 0 Å². The zero-order chi connectivity index (χ0) is 31.2. The highest BCUT2D eigenvalue weighted by Crippen LogP contribution is 2.37. The van der Waals surface area contributed by atoms with Gasteiger partial charge in [0.25, 0.3) is 0 Å². The number of rotatable bonds is 5. The standard InChI is InChI=1S/C44H29N3/c1-4-12-30(13-5-1)31-20-24-36(25-21-31)47-41-19-11-10-18-37(41)39-28-34(23-27-42(39)47)35-22-26-38-40(29-35)45-44(33-16-8-3-9-17-33)46-43(38)32-14-6-2-7-15-32/h1-29H. The van der Waals surface area contributed by atoms with Crippen LogP contribution in [-0.4, -0.2) is 14.5 Å². The smallest absolute Gasteiger partial charge is 0.160 e. The average Bonchev–Trinajstić information content (AvgIpc) is 3.49. The van der Waals surface area contributed by atoms with Crippen molar-refractivity contribution < 1.29 is 0 Å². The van der Waals surface area contributed by atoms with Crippen molar-refractivity contribution in [3.8, 4) is 50.6 Å². The van der Waals surface area contributed by atoms with Gasteiger partial charge in [-0.1, -0.05) is 133 Å². The van der Waals surface area contributed by atoms with Crippen LogP contribution in [0.25, 0.3) is 83.3 Å². The van der Waals surface area contributed by atoms with Crippen LogP contribution in [0.5, 0.6) is 0 Å². The van der Waals surface area contributed by atoms with Gasteiger partial charge >= 0.3 is 0 Å². The quantitative estimate of drug-likeness (QED) is 0.197. The lowest BCUT2D eigenvalue weighted by Gasteiger charge is -2.12. The van der Waals surface area contributed by atoms with E-state index >= 15 is 0 Å². The highest BCUT2D eigenvalue weighted by molar-refractivity contribution is 6.10. The van der Waals surface area contributed by atoms with Gasteiger partial charge in [-0.3, -0.25) is 0 Å². The van der Waals surface area contributed by atoms with Gasteiger partial charge in [0.1, 0.15) is 0 Å². The molecule has 2 heterocycles. The summed E-state index contributed by atoms with van der Waals surface area (Å²) in [6.45, 7) is 0. The summed E-state index contributed by atoms with van der Waals surface area (Å²) < 4.78 is 2.37. The zero-order valence-corrected chi connectivity index (χ0v) is 25.6. The van der Waals surface area contributed by atoms with Crippen molar-refractivity contribution in [2.24, 2.45) is 0 Å². The Bertz CT molecular complexity index is 2530. The van der Waals surface area contributed by atoms with Crippen LogP contribution in [0.4, 0.5) is 0 Å². The van der Waals surface area contributed by atoms with Gasteiger partial charge in [0.2, 0.25) is 0 Å². The Balaban J connectivity index is 1.19. The van der Waals surface area contributed by atoms with E-state index in [-0.39, 0.29) is 0 Å². The molecular weight excluding hydrogens is 571 g/mol. The van der Waals surface area contributed by atoms with E-state index in [1.54, 1.807) is 0 Å². The van der Waals surface area contributed by atoms with Crippen molar-refractivity contribution in [1.82, 2.24) is 14.5 Å². The molecule has 0 amide bonds. The van der Waals surface area contributed by atoms with E-state index in [1.165, 1.54) is 32.9 Å². The van der Waals surface area contributed by atoms with Crippen LogP contribution in [0.3, 0.4) is 0 Å². The number of para-hydroxylation sites is 1. The van der Waals surface area contributed by atoms with Gasteiger partial charge in [-0.2, -0.15) is 0 Å². The molecule has 2 aromatic heterocycles. The molecule has 0 fully saturated rings. The molecule has 0 saturated carbocycles. The van der Waals surface area contributed by atoms with Crippen molar-refractivity contribution in [1.29, 1.82) is 0 Å². The lowest BCUT2D eigenvalue weighted by atomic mass is 9.99. The molecule has 0 aliphatic carbocycles. The van der Waals surface area contributed by atoms with Crippen molar-refractivity contribution in [3.63, 3.8) is 0 Å². The molecule has 0 spiro atoms. The summed E-state index contributed by atoms with van der Waals surface area (Å²) in [7, 11) is 0. The Labute approximate surface area is 273 Å². The van der Waals surface area contributed by atoms with Gasteiger partial charge in [0, 0.05) is 33.0 Å². The Morgan fingerprint density at radius 2 is 0.894 bits per heavy atom. The van der Waals surface area contributed by atoms with Crippen LogP contribution >= 0.6 is 0 Å². The Hall–Kier alpha value is -6.32. The molecule has 0 saturated heterocycles. The van der Waals surface area contributed by atoms with Crippen LogP contribution in [0.15, 0.2) is 176 Å². The van der Waals surface area contributed by atoms with E-state index in [4.69, 9.17) is 9.97 Å². The van der Waals surface area contributed by atoms with Gasteiger partial charge < -0.3 is 4.57 Å². The fourth-order valence-corrected chi connectivity index (χ4v) is 6.71. The Kier molecular flexibility index (Phi) is 6.46. The van der Waals surface area contributed by atoms with Gasteiger partial charge in [-0.15, -0.1) is 0 Å². The van der Waals surface area contributed by atoms with Crippen LogP contribution in [0.2, 0.25) is 0 Å². The predicted molar refractivity (Wildman–Crippen MR) is 196 cm³/mol. The summed E-state index contributed by atoms with van der Waals surface area (Å²) in [6.07, 6.45) is 0. The Morgan fingerprint density at radius 3 is 1.64 bits per heavy atom. The molecule has 9 rings (SSSR count). The molecule has 220 valence electrons. The minimum Gasteiger partial charge on any atom is -0.309 e. The summed E-state index contributed by atoms with van der Waals surface area (Å²) in [5, 5.41) is 3.50. The second-order valence-electron chi connectivity index (χ2n) is 11.9. The molecule has 7 aromatic carbocycles. The molecule has 3 heteroatoms. The monoisotopic (exact) mass is 599 g/mol. The second kappa shape index (κ2) is 11.2. The van der Waals surface area contributed by atoms with Gasteiger partial charge in [-0.05, 0) is 64.7 Å². The molecule has 0 bridgehead atoms. The maximum absolute atomic E-state index is 5.09. The first kappa shape index (κ1) is 27.0. The van der Waals surface area contributed by atoms with Crippen molar-refractivity contribution in [2.75, 3.05) is 0 Å². The van der Waals surface area contributed by atoms with E-state index in [0.717, 1.165) is 50.4 Å². The molecule has 3 nitrogen and oxygen atoms in total. The van der Waals surface area contributed by atoms with Crippen LogP contribution in [0, 0.1) is 0 Å². The SMILES string of the molecule is c1ccc(-c2ccc(-n3c4ccccc4c4cc(-c5ccc6c(-c7ccccc7)nc(-c7ccccc7)nc6c5)ccc43)cc2)cc1. The van der Waals surface area contributed by atoms with Gasteiger partial charge in [0.05, 0.1) is 22.2 Å². The third kappa shape index (κ3) is 4.77. The first-order valence-electron chi connectivity index (χ1n) is 15.9. The minimum absolute atomic E-state index is 0.728. The van der Waals surface area contributed by atoms with Gasteiger partial charge in [0.15, 0.2) is 5.82 Å². The first-order chi connectivity index (χ1) is 23.3. The molecule has 47 heavy (non-hydrogen) atoms. The van der Waals surface area contributed by atoms with Gasteiger partial charge in [-0.25, -0.2) is 9.97 Å². The van der Waals surface area contributed by atoms with E-state index in [1.807, 2.05) is 24.3 Å². The normalized spacial score (nSPS) is 11.4. The average molecular weight is 600 g/mol. The molecule has 0 aliphatic heterocycles. The highest BCUT2D eigenvalue weighted by Gasteiger charge is 2.16. The molecule has 0 radical (unpaired) electrons. The molecule has 0 N–H and O–H groups in total. The maximum Gasteiger partial charge on any atom is 0.160 e. The first-order valence-corrected chi connectivity index (χ1v) is 15.9. The predicted octanol–water partition coefficient (Wildman–Crippen LogP) is 11.4. The maximum atomic E-state index is 5.09. The lowest BCUT2D eigenvalue weighted by Crippen LogP contribution is -1.95. The summed E-state index contributed by atoms with van der Waals surface area (Å²) in [6, 6.07) is 62.1. The van der Waals surface area contributed by atoms with Crippen molar-refractivity contribution in [3.05, 3.63) is 176 Å². The molecule has 9 aromatic rings. The van der Waals surface area contributed by atoms with Crippen LogP contribution < -0.4 is 0 Å². The van der Waals surface area contributed by atoms with E-state index in [9.17, 15) is 0 Å². The van der Waals surface area contributed by atoms with E-state index in [2.05, 4.69) is 156 Å². The number of benzene rings is 7. The fourth-order valence-electron chi connectivity index (χ4n) is 6.71. The summed E-state index contributed by atoms with van der Waals surface area (Å²) in [4.78, 5) is 10.1. The van der Waals surface area contributed by atoms with Crippen molar-refractivity contribution in [2.45, 2.75) is 0 Å². The van der Waals surface area contributed by atoms with Crippen molar-refractivity contribution >= 4 is 32.7 Å². The summed E-state index contributed by atoms with van der Waals surface area (Å²) in [5.41, 5.74) is 12.2. The molecule has 0 unspecified atom stereocenters. The largest absolute Gasteiger partial charge is 0.309 e. The van der Waals surface area contributed by atoms with E-state index < -0.39 is 0 Å². The number of aromatic nitrogens is 3. The topological polar surface area (TPSA) is 30.7 Å². The third-order valence-corrected chi connectivity index (χ3v) is 9.01. The second-order valence-corrected chi connectivity index (χ2v) is 11.9. The fraction of sp³-hybridized carbons (Fsp3) is 0. The number of nitrogens with zero attached hydrogens (tertiary/aromatic N) is 3. The third-order valence-electron chi connectivity index (χ3n) is 9.01. The summed E-state index contributed by atoms with van der Waals surface area (Å²) >= 11 is 0. The Morgan fingerprint density at radius 1 is 0.340 bits per heavy atom. The van der Waals surface area contributed by atoms with E-state index in [0.29, 0.717) is 0 Å². The molecule has 0 aliphatic rings. The molecule has 0 atom stereocenters. The highest BCUT2D eigenvalue weighted by atomic mass is 15.0. The lowest BCUT2D eigenvalue weighted by molar-refractivity contribution is 1.18. The van der Waals surface area contributed by atoms with Crippen LogP contribution in [-0.2, 0) is 0 Å². The minimum atomic E-state index is 0.728. The summed E-state index contributed by atoms with van der Waals surface area (Å²) in [5.74, 6) is 0.728.